The minimum atomic E-state index is 0.612. The highest BCUT2D eigenvalue weighted by Gasteiger charge is 2.36. The summed E-state index contributed by atoms with van der Waals surface area (Å²) in [6.07, 6.45) is 1.74. The molecule has 36 heavy (non-hydrogen) atoms. The van der Waals surface area contributed by atoms with Gasteiger partial charge in [-0.15, -0.1) is 0 Å². The summed E-state index contributed by atoms with van der Waals surface area (Å²) in [5.74, 6) is 4.20. The second-order valence-corrected chi connectivity index (χ2v) is 10.1. The largest absolute Gasteiger partial charge is 0.378 e. The van der Waals surface area contributed by atoms with Crippen LogP contribution in [-0.4, -0.2) is 92.6 Å². The van der Waals surface area contributed by atoms with Gasteiger partial charge in [0.2, 0.25) is 5.95 Å². The van der Waals surface area contributed by atoms with Gasteiger partial charge in [-0.25, -0.2) is 9.97 Å². The summed E-state index contributed by atoms with van der Waals surface area (Å²) in [6, 6.07) is 8.82. The maximum Gasteiger partial charge on any atom is 0.239 e. The predicted molar refractivity (Wildman–Crippen MR) is 137 cm³/mol. The van der Waals surface area contributed by atoms with E-state index in [9.17, 15) is 0 Å². The van der Waals surface area contributed by atoms with Gasteiger partial charge < -0.3 is 18.9 Å². The number of benzene rings is 1. The number of ether oxygens (including phenoxy) is 2. The Hall–Kier alpha value is -3.08. The molecule has 0 amide bonds. The molecule has 0 spiro atoms. The number of hydrogen-bond acceptors (Lipinski definition) is 8. The van der Waals surface area contributed by atoms with Gasteiger partial charge >= 0.3 is 0 Å². The Labute approximate surface area is 209 Å². The van der Waals surface area contributed by atoms with Crippen LogP contribution in [0, 0.1) is 5.92 Å². The molecule has 7 rings (SSSR count). The van der Waals surface area contributed by atoms with Crippen molar-refractivity contribution in [1.82, 2.24) is 34.0 Å². The molecule has 0 atom stereocenters. The third kappa shape index (κ3) is 3.58. The molecule has 0 N–H and O–H groups in total. The Morgan fingerprint density at radius 2 is 1.75 bits per heavy atom. The highest BCUT2D eigenvalue weighted by molar-refractivity contribution is 5.86. The minimum absolute atomic E-state index is 0.612. The van der Waals surface area contributed by atoms with E-state index in [1.54, 1.807) is 0 Å². The Balaban J connectivity index is 1.31. The van der Waals surface area contributed by atoms with Crippen LogP contribution in [0.15, 0.2) is 24.3 Å². The average Bonchev–Trinajstić information content (AvgIpc) is 3.39. The second kappa shape index (κ2) is 8.79. The number of nitrogens with zero attached hydrogens (tertiary/aromatic N) is 8. The van der Waals surface area contributed by atoms with E-state index in [2.05, 4.69) is 39.0 Å². The lowest BCUT2D eigenvalue weighted by Gasteiger charge is -2.47. The van der Waals surface area contributed by atoms with Crippen molar-refractivity contribution < 1.29 is 9.47 Å². The molecule has 3 aliphatic heterocycles. The van der Waals surface area contributed by atoms with E-state index in [0.29, 0.717) is 31.1 Å². The van der Waals surface area contributed by atoms with Crippen molar-refractivity contribution in [3.8, 4) is 5.95 Å². The van der Waals surface area contributed by atoms with E-state index in [1.807, 2.05) is 18.2 Å². The van der Waals surface area contributed by atoms with Gasteiger partial charge in [0.25, 0.3) is 0 Å². The minimum Gasteiger partial charge on any atom is -0.378 e. The van der Waals surface area contributed by atoms with Crippen LogP contribution in [0.1, 0.15) is 18.6 Å². The van der Waals surface area contributed by atoms with Crippen LogP contribution in [0.5, 0.6) is 0 Å². The summed E-state index contributed by atoms with van der Waals surface area (Å²) < 4.78 is 15.3. The summed E-state index contributed by atoms with van der Waals surface area (Å²) in [6.45, 7) is 9.09. The van der Waals surface area contributed by atoms with Crippen LogP contribution >= 0.6 is 0 Å². The van der Waals surface area contributed by atoms with Gasteiger partial charge in [-0.3, -0.25) is 9.47 Å². The van der Waals surface area contributed by atoms with Gasteiger partial charge in [0.05, 0.1) is 43.5 Å². The molecule has 3 saturated heterocycles. The molecule has 10 heteroatoms. The van der Waals surface area contributed by atoms with Gasteiger partial charge in [0.15, 0.2) is 17.0 Å². The summed E-state index contributed by atoms with van der Waals surface area (Å²) >= 11 is 0. The zero-order valence-corrected chi connectivity index (χ0v) is 20.9. The van der Waals surface area contributed by atoms with Crippen molar-refractivity contribution in [2.75, 3.05) is 57.5 Å². The molecule has 0 saturated carbocycles. The van der Waals surface area contributed by atoms with Gasteiger partial charge in [0.1, 0.15) is 11.6 Å². The number of hydrogen-bond donors (Lipinski definition) is 0. The van der Waals surface area contributed by atoms with Gasteiger partial charge in [0, 0.05) is 46.1 Å². The number of likely N-dealkylation sites (tertiary alicyclic amines) is 1. The fourth-order valence-electron chi connectivity index (χ4n) is 5.62. The fourth-order valence-corrected chi connectivity index (χ4v) is 5.62. The van der Waals surface area contributed by atoms with Gasteiger partial charge in [-0.2, -0.15) is 9.97 Å². The number of para-hydroxylation sites is 2. The number of morpholine rings is 1. The molecule has 4 aromatic rings. The lowest BCUT2D eigenvalue weighted by Crippen LogP contribution is -2.59. The lowest BCUT2D eigenvalue weighted by atomic mass is 9.93. The van der Waals surface area contributed by atoms with Crippen LogP contribution in [0.25, 0.3) is 28.1 Å². The van der Waals surface area contributed by atoms with E-state index in [-0.39, 0.29) is 0 Å². The van der Waals surface area contributed by atoms with Crippen molar-refractivity contribution >= 4 is 28.0 Å². The second-order valence-electron chi connectivity index (χ2n) is 10.1. The SMILES string of the molecule is CCc1nc2ccccc2n1-c1nc(N2CCOCC2)c2nc(CC3CN(C4COC4)C3)n(C)c2n1. The molecule has 1 aromatic carbocycles. The zero-order valence-electron chi connectivity index (χ0n) is 20.9. The lowest BCUT2D eigenvalue weighted by molar-refractivity contribution is -0.101. The van der Waals surface area contributed by atoms with Crippen LogP contribution in [0.4, 0.5) is 5.82 Å². The van der Waals surface area contributed by atoms with Crippen LogP contribution < -0.4 is 4.90 Å². The molecule has 3 aromatic heterocycles. The number of aromatic nitrogens is 6. The van der Waals surface area contributed by atoms with Crippen molar-refractivity contribution in [3.05, 3.63) is 35.9 Å². The van der Waals surface area contributed by atoms with Crippen molar-refractivity contribution in [2.24, 2.45) is 13.0 Å². The molecule has 0 unspecified atom stereocenters. The summed E-state index contributed by atoms with van der Waals surface area (Å²) in [4.78, 5) is 25.0. The highest BCUT2D eigenvalue weighted by Crippen LogP contribution is 2.30. The van der Waals surface area contributed by atoms with Crippen molar-refractivity contribution in [1.29, 1.82) is 0 Å². The number of rotatable bonds is 6. The Bertz CT molecular complexity index is 1410. The maximum atomic E-state index is 5.64. The Kier molecular flexibility index (Phi) is 5.41. The fraction of sp³-hybridized carbons (Fsp3) is 0.538. The molecule has 10 nitrogen and oxygen atoms in total. The third-order valence-electron chi connectivity index (χ3n) is 7.83. The van der Waals surface area contributed by atoms with Gasteiger partial charge in [-0.05, 0) is 18.1 Å². The van der Waals surface area contributed by atoms with E-state index in [0.717, 1.165) is 91.9 Å². The maximum absolute atomic E-state index is 5.64. The monoisotopic (exact) mass is 488 g/mol. The molecule has 3 fully saturated rings. The molecule has 188 valence electrons. The smallest absolute Gasteiger partial charge is 0.239 e. The molecule has 0 radical (unpaired) electrons. The predicted octanol–water partition coefficient (Wildman–Crippen LogP) is 1.97. The summed E-state index contributed by atoms with van der Waals surface area (Å²) in [5.41, 5.74) is 3.74. The first-order valence-corrected chi connectivity index (χ1v) is 13.0. The molecular formula is C26H32N8O2. The van der Waals surface area contributed by atoms with Crippen molar-refractivity contribution in [3.63, 3.8) is 0 Å². The number of aryl methyl sites for hydroxylation is 2. The quantitative estimate of drug-likeness (QED) is 0.407. The molecule has 6 heterocycles. The first kappa shape index (κ1) is 22.1. The number of imidazole rings is 2. The summed E-state index contributed by atoms with van der Waals surface area (Å²) in [5, 5.41) is 0. The number of anilines is 1. The van der Waals surface area contributed by atoms with Gasteiger partial charge in [-0.1, -0.05) is 19.1 Å². The molecule has 0 aliphatic carbocycles. The molecular weight excluding hydrogens is 456 g/mol. The normalized spacial score (nSPS) is 19.8. The van der Waals surface area contributed by atoms with E-state index >= 15 is 0 Å². The average molecular weight is 489 g/mol. The van der Waals surface area contributed by atoms with E-state index in [1.165, 1.54) is 0 Å². The zero-order chi connectivity index (χ0) is 24.2. The standard InChI is InChI=1S/C26H32N8O2/c1-3-21-27-19-6-4-5-7-20(19)34(21)26-29-24-23(25(30-26)32-8-10-35-11-9-32)28-22(31(24)2)12-17-13-33(14-17)18-15-36-16-18/h4-7,17-18H,3,8-16H2,1-2H3. The molecule has 0 bridgehead atoms. The topological polar surface area (TPSA) is 86.4 Å². The first-order valence-electron chi connectivity index (χ1n) is 13.0. The van der Waals surface area contributed by atoms with E-state index < -0.39 is 0 Å². The number of fused-ring (bicyclic) bond motifs is 2. The summed E-state index contributed by atoms with van der Waals surface area (Å²) in [7, 11) is 2.09. The van der Waals surface area contributed by atoms with Crippen LogP contribution in [0.2, 0.25) is 0 Å². The highest BCUT2D eigenvalue weighted by atomic mass is 16.5. The van der Waals surface area contributed by atoms with Crippen LogP contribution in [0.3, 0.4) is 0 Å². The Morgan fingerprint density at radius 3 is 2.50 bits per heavy atom. The molecule has 3 aliphatic rings. The third-order valence-corrected chi connectivity index (χ3v) is 7.83. The van der Waals surface area contributed by atoms with E-state index in [4.69, 9.17) is 29.4 Å². The Morgan fingerprint density at radius 1 is 0.944 bits per heavy atom. The van der Waals surface area contributed by atoms with Crippen LogP contribution in [-0.2, 0) is 29.4 Å². The first-order chi connectivity index (χ1) is 17.7. The van der Waals surface area contributed by atoms with Crippen molar-refractivity contribution in [2.45, 2.75) is 25.8 Å².